The lowest BCUT2D eigenvalue weighted by atomic mass is 10.1. The highest BCUT2D eigenvalue weighted by atomic mass is 32.2. The number of pyridine rings is 1. The summed E-state index contributed by atoms with van der Waals surface area (Å²) in [5.41, 5.74) is 1.03. The van der Waals surface area contributed by atoms with Crippen LogP contribution in [0.25, 0.3) is 10.9 Å². The highest BCUT2D eigenvalue weighted by molar-refractivity contribution is 7.91. The summed E-state index contributed by atoms with van der Waals surface area (Å²) >= 11 is 0. The van der Waals surface area contributed by atoms with Crippen molar-refractivity contribution in [3.8, 4) is 5.75 Å². The maximum Gasteiger partial charge on any atom is 0.244 e. The van der Waals surface area contributed by atoms with Crippen LogP contribution in [0.2, 0.25) is 0 Å². The zero-order chi connectivity index (χ0) is 25.2. The molecule has 0 spiro atoms. The first-order valence-corrected chi connectivity index (χ1v) is 12.3. The highest BCUT2D eigenvalue weighted by Gasteiger charge is 2.24. The van der Waals surface area contributed by atoms with E-state index in [0.29, 0.717) is 23.6 Å². The first kappa shape index (κ1) is 24.2. The normalized spacial score (nSPS) is 11.4. The maximum absolute atomic E-state index is 13.3. The number of halogens is 1. The van der Waals surface area contributed by atoms with Gasteiger partial charge in [-0.15, -0.1) is 0 Å². The van der Waals surface area contributed by atoms with Crippen molar-refractivity contribution in [2.45, 2.75) is 30.2 Å². The molecular weight excluding hydrogens is 471 g/mol. The molecule has 9 heteroatoms. The van der Waals surface area contributed by atoms with Gasteiger partial charge in [-0.3, -0.25) is 9.59 Å². The SMILES string of the molecule is CCOc1ccc(NC(=O)Cn2cc(S(=O)(=O)c3ccc(F)cc3)c(=O)c3cc(C)ccc32)cc1. The molecule has 1 N–H and O–H groups in total. The Bertz CT molecular complexity index is 1560. The minimum Gasteiger partial charge on any atom is -0.494 e. The number of nitrogens with zero attached hydrogens (tertiary/aromatic N) is 1. The number of carbonyl (C=O) groups is 1. The lowest BCUT2D eigenvalue weighted by Gasteiger charge is -2.15. The van der Waals surface area contributed by atoms with Crippen LogP contribution in [0.4, 0.5) is 10.1 Å². The van der Waals surface area contributed by atoms with Gasteiger partial charge < -0.3 is 14.6 Å². The van der Waals surface area contributed by atoms with Crippen molar-refractivity contribution >= 4 is 32.3 Å². The summed E-state index contributed by atoms with van der Waals surface area (Å²) in [7, 11) is -4.26. The summed E-state index contributed by atoms with van der Waals surface area (Å²) in [5, 5.41) is 2.93. The fraction of sp³-hybridized carbons (Fsp3) is 0.154. The van der Waals surface area contributed by atoms with Gasteiger partial charge in [0, 0.05) is 17.3 Å². The number of rotatable bonds is 7. The average Bonchev–Trinajstić information content (AvgIpc) is 2.82. The Labute approximate surface area is 201 Å². The molecule has 0 saturated carbocycles. The number of hydrogen-bond donors (Lipinski definition) is 1. The molecule has 0 aliphatic rings. The topological polar surface area (TPSA) is 94.5 Å². The van der Waals surface area contributed by atoms with Crippen LogP contribution in [0, 0.1) is 12.7 Å². The first-order valence-electron chi connectivity index (χ1n) is 10.9. The van der Waals surface area contributed by atoms with Gasteiger partial charge in [-0.25, -0.2) is 12.8 Å². The minimum atomic E-state index is -4.26. The third-order valence-corrected chi connectivity index (χ3v) is 7.14. The molecule has 180 valence electrons. The number of aromatic nitrogens is 1. The van der Waals surface area contributed by atoms with Crippen molar-refractivity contribution in [2.24, 2.45) is 0 Å². The van der Waals surface area contributed by atoms with Crippen LogP contribution >= 0.6 is 0 Å². The quantitative estimate of drug-likeness (QED) is 0.386. The van der Waals surface area contributed by atoms with Crippen LogP contribution in [-0.2, 0) is 21.2 Å². The fourth-order valence-electron chi connectivity index (χ4n) is 3.70. The van der Waals surface area contributed by atoms with E-state index in [2.05, 4.69) is 5.32 Å². The van der Waals surface area contributed by atoms with Gasteiger partial charge in [0.05, 0.1) is 17.0 Å². The Morgan fingerprint density at radius 1 is 1.03 bits per heavy atom. The van der Waals surface area contributed by atoms with E-state index < -0.39 is 31.9 Å². The maximum atomic E-state index is 13.3. The van der Waals surface area contributed by atoms with E-state index in [1.807, 2.05) is 6.92 Å². The fourth-order valence-corrected chi connectivity index (χ4v) is 5.07. The molecular formula is C26H23FN2O5S. The monoisotopic (exact) mass is 494 g/mol. The number of nitrogens with one attached hydrogen (secondary N) is 1. The van der Waals surface area contributed by atoms with Crippen molar-refractivity contribution < 1.29 is 22.3 Å². The Balaban J connectivity index is 1.74. The molecule has 35 heavy (non-hydrogen) atoms. The largest absolute Gasteiger partial charge is 0.494 e. The summed E-state index contributed by atoms with van der Waals surface area (Å²) < 4.78 is 46.7. The number of aryl methyl sites for hydroxylation is 1. The van der Waals surface area contributed by atoms with Crippen LogP contribution in [0.3, 0.4) is 0 Å². The summed E-state index contributed by atoms with van der Waals surface area (Å²) in [5.74, 6) is -0.339. The Kier molecular flexibility index (Phi) is 6.70. The number of benzene rings is 3. The van der Waals surface area contributed by atoms with E-state index in [1.165, 1.54) is 4.57 Å². The summed E-state index contributed by atoms with van der Waals surface area (Å²) in [6, 6.07) is 16.1. The van der Waals surface area contributed by atoms with Crippen LogP contribution in [0.5, 0.6) is 5.75 Å². The second kappa shape index (κ2) is 9.71. The van der Waals surface area contributed by atoms with Gasteiger partial charge in [0.25, 0.3) is 0 Å². The zero-order valence-corrected chi connectivity index (χ0v) is 19.9. The van der Waals surface area contributed by atoms with E-state index in [9.17, 15) is 22.4 Å². The van der Waals surface area contributed by atoms with Crippen molar-refractivity contribution in [1.82, 2.24) is 4.57 Å². The molecule has 1 amide bonds. The van der Waals surface area contributed by atoms with Crippen LogP contribution in [-0.4, -0.2) is 25.5 Å². The number of sulfone groups is 1. The predicted octanol–water partition coefficient (Wildman–Crippen LogP) is 4.32. The van der Waals surface area contributed by atoms with Crippen LogP contribution < -0.4 is 15.5 Å². The van der Waals surface area contributed by atoms with E-state index in [1.54, 1.807) is 49.4 Å². The Morgan fingerprint density at radius 3 is 2.37 bits per heavy atom. The Hall–Kier alpha value is -3.98. The molecule has 7 nitrogen and oxygen atoms in total. The zero-order valence-electron chi connectivity index (χ0n) is 19.1. The van der Waals surface area contributed by atoms with Gasteiger partial charge in [0.15, 0.2) is 0 Å². The lowest BCUT2D eigenvalue weighted by Crippen LogP contribution is -2.24. The van der Waals surface area contributed by atoms with E-state index in [4.69, 9.17) is 4.74 Å². The van der Waals surface area contributed by atoms with Crippen molar-refractivity contribution in [3.63, 3.8) is 0 Å². The van der Waals surface area contributed by atoms with E-state index >= 15 is 0 Å². The predicted molar refractivity (Wildman–Crippen MR) is 131 cm³/mol. The third-order valence-electron chi connectivity index (χ3n) is 5.38. The number of amides is 1. The van der Waals surface area contributed by atoms with Crippen LogP contribution in [0.15, 0.2) is 87.5 Å². The van der Waals surface area contributed by atoms with Gasteiger partial charge in [-0.2, -0.15) is 0 Å². The molecule has 1 heterocycles. The molecule has 0 aliphatic carbocycles. The molecule has 3 aromatic carbocycles. The van der Waals surface area contributed by atoms with Gasteiger partial charge in [-0.1, -0.05) is 11.6 Å². The molecule has 0 fully saturated rings. The second-order valence-corrected chi connectivity index (χ2v) is 9.85. The molecule has 0 unspecified atom stereocenters. The molecule has 0 bridgehead atoms. The summed E-state index contributed by atoms with van der Waals surface area (Å²) in [6.45, 7) is 3.94. The van der Waals surface area contributed by atoms with Crippen molar-refractivity contribution in [2.75, 3.05) is 11.9 Å². The van der Waals surface area contributed by atoms with Crippen molar-refractivity contribution in [3.05, 3.63) is 94.5 Å². The molecule has 0 radical (unpaired) electrons. The average molecular weight is 495 g/mol. The number of fused-ring (bicyclic) bond motifs is 1. The smallest absolute Gasteiger partial charge is 0.244 e. The minimum absolute atomic E-state index is 0.169. The standard InChI is InChI=1S/C26H23FN2O5S/c1-3-34-20-9-7-19(8-10-20)28-25(30)16-29-15-24(26(31)22-14-17(2)4-13-23(22)29)35(32,33)21-11-5-18(27)6-12-21/h4-15H,3,16H2,1-2H3,(H,28,30). The first-order chi connectivity index (χ1) is 16.7. The van der Waals surface area contributed by atoms with Gasteiger partial charge in [0.2, 0.25) is 21.2 Å². The molecule has 0 saturated heterocycles. The van der Waals surface area contributed by atoms with Gasteiger partial charge in [0.1, 0.15) is 23.0 Å². The number of carbonyl (C=O) groups excluding carboxylic acids is 1. The van der Waals surface area contributed by atoms with Gasteiger partial charge in [-0.05, 0) is 74.5 Å². The number of anilines is 1. The lowest BCUT2D eigenvalue weighted by molar-refractivity contribution is -0.116. The molecule has 4 aromatic rings. The molecule has 0 atom stereocenters. The van der Waals surface area contributed by atoms with E-state index in [-0.39, 0.29) is 16.8 Å². The number of ether oxygens (including phenoxy) is 1. The Morgan fingerprint density at radius 2 is 1.71 bits per heavy atom. The summed E-state index contributed by atoms with van der Waals surface area (Å²) in [4.78, 5) is 25.3. The molecule has 0 aliphatic heterocycles. The molecule has 1 aromatic heterocycles. The third kappa shape index (κ3) is 5.09. The van der Waals surface area contributed by atoms with Crippen LogP contribution in [0.1, 0.15) is 12.5 Å². The van der Waals surface area contributed by atoms with E-state index in [0.717, 1.165) is 36.0 Å². The highest BCUT2D eigenvalue weighted by Crippen LogP contribution is 2.23. The number of hydrogen-bond acceptors (Lipinski definition) is 5. The van der Waals surface area contributed by atoms with Gasteiger partial charge >= 0.3 is 0 Å². The van der Waals surface area contributed by atoms with Crippen molar-refractivity contribution in [1.29, 1.82) is 0 Å². The second-order valence-electron chi connectivity index (χ2n) is 7.93. The summed E-state index contributed by atoms with van der Waals surface area (Å²) in [6.07, 6.45) is 1.16. The molecule has 4 rings (SSSR count).